The van der Waals surface area contributed by atoms with Gasteiger partial charge in [0, 0.05) is 4.90 Å². The maximum Gasteiger partial charge on any atom is 0.498 e. The lowest BCUT2D eigenvalue weighted by molar-refractivity contribution is 0.117. The van der Waals surface area contributed by atoms with Crippen molar-refractivity contribution in [2.45, 2.75) is 36.5 Å². The first kappa shape index (κ1) is 18.7. The highest BCUT2D eigenvalue weighted by atomic mass is 35.5. The molecule has 0 radical (unpaired) electrons. The van der Waals surface area contributed by atoms with Crippen LogP contribution in [0.25, 0.3) is 0 Å². The Morgan fingerprint density at radius 1 is 1.25 bits per heavy atom. The second-order valence-electron chi connectivity index (χ2n) is 3.85. The maximum absolute atomic E-state index is 12.1. The van der Waals surface area contributed by atoms with Gasteiger partial charge in [-0.1, -0.05) is 49.3 Å². The lowest BCUT2D eigenvalue weighted by Gasteiger charge is -2.32. The summed E-state index contributed by atoms with van der Waals surface area (Å²) >= 11 is 14.6. The maximum atomic E-state index is 12.1. The normalized spacial score (nSPS) is 12.7. The zero-order chi connectivity index (χ0) is 15.2. The predicted molar refractivity (Wildman–Crippen MR) is 89.5 cm³/mol. The van der Waals surface area contributed by atoms with Crippen LogP contribution in [0.5, 0.6) is 0 Å². The third-order valence-electron chi connectivity index (χ3n) is 2.69. The molecule has 4 nitrogen and oxygen atoms in total. The molecule has 0 aliphatic rings. The SMILES string of the molecule is CCC(CC)(OP(=O)(OS)OS)Sc1ccccc1Cl. The Labute approximate surface area is 139 Å². The number of phosphoric acid groups is 1. The van der Waals surface area contributed by atoms with E-state index in [1.165, 1.54) is 11.8 Å². The van der Waals surface area contributed by atoms with Crippen LogP contribution in [0.15, 0.2) is 29.2 Å². The quantitative estimate of drug-likeness (QED) is 0.198. The molecule has 1 aromatic carbocycles. The van der Waals surface area contributed by atoms with Crippen LogP contribution < -0.4 is 0 Å². The van der Waals surface area contributed by atoms with Gasteiger partial charge in [-0.15, -0.1) is 0 Å². The zero-order valence-corrected chi connectivity index (χ0v) is 15.2. The second-order valence-corrected chi connectivity index (χ2v) is 8.03. The van der Waals surface area contributed by atoms with Gasteiger partial charge in [-0.05, 0) is 50.8 Å². The van der Waals surface area contributed by atoms with Gasteiger partial charge >= 0.3 is 7.82 Å². The summed E-state index contributed by atoms with van der Waals surface area (Å²) in [5, 5.41) is 0.598. The van der Waals surface area contributed by atoms with Crippen LogP contribution in [0.4, 0.5) is 0 Å². The molecular formula is C11H16ClO4PS3. The Morgan fingerprint density at radius 2 is 1.80 bits per heavy atom. The van der Waals surface area contributed by atoms with Crippen molar-refractivity contribution in [2.24, 2.45) is 0 Å². The van der Waals surface area contributed by atoms with Gasteiger partial charge < -0.3 is 0 Å². The number of rotatable bonds is 8. The Balaban J connectivity index is 3.04. The molecule has 0 saturated heterocycles. The molecule has 0 bridgehead atoms. The van der Waals surface area contributed by atoms with E-state index in [2.05, 4.69) is 33.8 Å². The third-order valence-corrected chi connectivity index (χ3v) is 7.03. The molecule has 0 spiro atoms. The molecule has 0 saturated carbocycles. The van der Waals surface area contributed by atoms with Gasteiger partial charge in [-0.3, -0.25) is 4.52 Å². The average Bonchev–Trinajstić information content (AvgIpc) is 2.48. The average molecular weight is 375 g/mol. The van der Waals surface area contributed by atoms with E-state index in [4.69, 9.17) is 16.1 Å². The summed E-state index contributed by atoms with van der Waals surface area (Å²) in [4.78, 5) is 0.00848. The van der Waals surface area contributed by atoms with Crippen molar-refractivity contribution in [3.8, 4) is 0 Å². The molecule has 114 valence electrons. The Hall–Kier alpha value is 0.670. The van der Waals surface area contributed by atoms with Gasteiger partial charge in [0.1, 0.15) is 4.93 Å². The van der Waals surface area contributed by atoms with Gasteiger partial charge in [-0.25, -0.2) is 12.5 Å². The largest absolute Gasteiger partial charge is 0.498 e. The molecule has 9 heteroatoms. The molecule has 0 aliphatic heterocycles. The van der Waals surface area contributed by atoms with E-state index < -0.39 is 12.8 Å². The summed E-state index contributed by atoms with van der Waals surface area (Å²) in [7, 11) is -3.82. The summed E-state index contributed by atoms with van der Waals surface area (Å²) < 4.78 is 26.6. The first-order chi connectivity index (χ1) is 9.44. The van der Waals surface area contributed by atoms with Crippen LogP contribution in [0.2, 0.25) is 5.02 Å². The number of thioether (sulfide) groups is 1. The van der Waals surface area contributed by atoms with Crippen LogP contribution in [-0.2, 0) is 17.0 Å². The van der Waals surface area contributed by atoms with Crippen LogP contribution in [0.1, 0.15) is 26.7 Å². The van der Waals surface area contributed by atoms with Gasteiger partial charge in [0.2, 0.25) is 0 Å². The fraction of sp³-hybridized carbons (Fsp3) is 0.455. The van der Waals surface area contributed by atoms with Crippen LogP contribution in [-0.4, -0.2) is 4.93 Å². The minimum atomic E-state index is -3.82. The van der Waals surface area contributed by atoms with E-state index in [-0.39, 0.29) is 0 Å². The van der Waals surface area contributed by atoms with Crippen molar-refractivity contribution in [1.29, 1.82) is 0 Å². The van der Waals surface area contributed by atoms with E-state index in [9.17, 15) is 4.57 Å². The van der Waals surface area contributed by atoms with Crippen molar-refractivity contribution in [3.05, 3.63) is 29.3 Å². The van der Waals surface area contributed by atoms with E-state index >= 15 is 0 Å². The van der Waals surface area contributed by atoms with Crippen molar-refractivity contribution in [1.82, 2.24) is 0 Å². The van der Waals surface area contributed by atoms with Gasteiger partial charge in [0.15, 0.2) is 0 Å². The monoisotopic (exact) mass is 374 g/mol. The molecule has 0 atom stereocenters. The van der Waals surface area contributed by atoms with Gasteiger partial charge in [0.25, 0.3) is 0 Å². The van der Waals surface area contributed by atoms with E-state index in [0.717, 1.165) is 4.90 Å². The molecule has 0 N–H and O–H groups in total. The summed E-state index contributed by atoms with van der Waals surface area (Å²) in [6, 6.07) is 7.35. The Kier molecular flexibility index (Phi) is 7.81. The smallest absolute Gasteiger partial charge is 0.268 e. The molecule has 0 aromatic heterocycles. The topological polar surface area (TPSA) is 44.8 Å². The standard InChI is InChI=1S/C11H16ClO4PS3/c1-3-11(4-2,14-17(13,15-18)16-19)20-10-8-6-5-7-9(10)12/h5-8,18-19H,3-4H2,1-2H3. The highest BCUT2D eigenvalue weighted by Crippen LogP contribution is 2.59. The predicted octanol–water partition coefficient (Wildman–Crippen LogP) is 5.80. The van der Waals surface area contributed by atoms with Crippen molar-refractivity contribution in [3.63, 3.8) is 0 Å². The molecule has 20 heavy (non-hydrogen) atoms. The molecule has 0 amide bonds. The highest BCUT2D eigenvalue weighted by molar-refractivity contribution is 8.00. The van der Waals surface area contributed by atoms with Crippen molar-refractivity contribution >= 4 is 57.0 Å². The minimum Gasteiger partial charge on any atom is -0.268 e. The number of benzene rings is 1. The lowest BCUT2D eigenvalue weighted by Crippen LogP contribution is -2.25. The van der Waals surface area contributed by atoms with Crippen LogP contribution in [0, 0.1) is 0 Å². The summed E-state index contributed by atoms with van der Waals surface area (Å²) in [5.74, 6) is 0. The fourth-order valence-electron chi connectivity index (χ4n) is 1.52. The first-order valence-electron chi connectivity index (χ1n) is 5.85. The van der Waals surface area contributed by atoms with E-state index in [1.807, 2.05) is 32.0 Å². The second kappa shape index (κ2) is 8.34. The molecule has 0 fully saturated rings. The van der Waals surface area contributed by atoms with Crippen LogP contribution in [0.3, 0.4) is 0 Å². The Bertz CT molecular complexity index is 476. The number of thiol groups is 2. The summed E-state index contributed by atoms with van der Waals surface area (Å²) in [6.07, 6.45) is 1.13. The van der Waals surface area contributed by atoms with Crippen molar-refractivity contribution in [2.75, 3.05) is 0 Å². The minimum absolute atomic E-state index is 0.567. The number of hydrogen-bond donors (Lipinski definition) is 2. The Morgan fingerprint density at radius 3 is 2.25 bits per heavy atom. The van der Waals surface area contributed by atoms with Gasteiger partial charge in [-0.2, -0.15) is 0 Å². The zero-order valence-electron chi connectivity index (χ0n) is 11.0. The molecule has 1 rings (SSSR count). The van der Waals surface area contributed by atoms with Crippen LogP contribution >= 0.6 is 57.0 Å². The molecule has 1 aromatic rings. The highest BCUT2D eigenvalue weighted by Gasteiger charge is 2.40. The van der Waals surface area contributed by atoms with Crippen molar-refractivity contribution < 1.29 is 17.0 Å². The molecule has 0 aliphatic carbocycles. The van der Waals surface area contributed by atoms with E-state index in [0.29, 0.717) is 17.9 Å². The summed E-state index contributed by atoms with van der Waals surface area (Å²) in [6.45, 7) is 3.82. The number of halogens is 1. The fourth-order valence-corrected chi connectivity index (χ4v) is 4.52. The first-order valence-corrected chi connectivity index (χ1v) is 9.23. The molecule has 0 heterocycles. The van der Waals surface area contributed by atoms with E-state index in [1.54, 1.807) is 6.07 Å². The summed E-state index contributed by atoms with van der Waals surface area (Å²) in [5.41, 5.74) is 0. The lowest BCUT2D eigenvalue weighted by atomic mass is 10.2. The molecule has 0 unspecified atom stereocenters. The third kappa shape index (κ3) is 4.85. The molecular weight excluding hydrogens is 359 g/mol. The van der Waals surface area contributed by atoms with Gasteiger partial charge in [0.05, 0.1) is 5.02 Å². The number of hydrogen-bond acceptors (Lipinski definition) is 7.